The zero-order chi connectivity index (χ0) is 23.7. The molecular formula is C23H22F2N6O2. The lowest BCUT2D eigenvalue weighted by molar-refractivity contribution is 0.100. The van der Waals surface area contributed by atoms with E-state index in [-0.39, 0.29) is 34.9 Å². The zero-order valence-corrected chi connectivity index (χ0v) is 18.3. The van der Waals surface area contributed by atoms with Gasteiger partial charge in [0.2, 0.25) is 5.95 Å². The van der Waals surface area contributed by atoms with Crippen molar-refractivity contribution in [2.45, 2.75) is 19.6 Å². The van der Waals surface area contributed by atoms with Gasteiger partial charge in [-0.1, -0.05) is 0 Å². The molecule has 0 saturated carbocycles. The number of aryl methyl sites for hydroxylation is 1. The lowest BCUT2D eigenvalue weighted by atomic mass is 10.0. The van der Waals surface area contributed by atoms with Crippen molar-refractivity contribution in [2.24, 2.45) is 12.8 Å². The van der Waals surface area contributed by atoms with E-state index in [0.29, 0.717) is 16.8 Å². The average Bonchev–Trinajstić information content (AvgIpc) is 3.20. The second-order valence-corrected chi connectivity index (χ2v) is 7.61. The molecule has 10 heteroatoms. The fourth-order valence-corrected chi connectivity index (χ4v) is 3.62. The summed E-state index contributed by atoms with van der Waals surface area (Å²) in [5.41, 5.74) is 7.40. The molecule has 1 amide bonds. The van der Waals surface area contributed by atoms with Crippen molar-refractivity contribution in [2.75, 3.05) is 12.4 Å². The molecule has 1 aromatic carbocycles. The van der Waals surface area contributed by atoms with Crippen LogP contribution in [0.15, 0.2) is 42.7 Å². The summed E-state index contributed by atoms with van der Waals surface area (Å²) >= 11 is 0. The summed E-state index contributed by atoms with van der Waals surface area (Å²) in [5.74, 6) is -2.22. The number of hydrogen-bond acceptors (Lipinski definition) is 6. The smallest absolute Gasteiger partial charge is 0.252 e. The highest BCUT2D eigenvalue weighted by atomic mass is 19.1. The summed E-state index contributed by atoms with van der Waals surface area (Å²) in [4.78, 5) is 20.2. The van der Waals surface area contributed by atoms with Crippen LogP contribution in [0.2, 0.25) is 0 Å². The number of ether oxygens (including phenoxy) is 1. The third kappa shape index (κ3) is 4.37. The molecule has 1 unspecified atom stereocenters. The number of primary amides is 1. The van der Waals surface area contributed by atoms with Crippen LogP contribution < -0.4 is 11.1 Å². The first-order chi connectivity index (χ1) is 15.8. The monoisotopic (exact) mass is 452 g/mol. The van der Waals surface area contributed by atoms with Crippen LogP contribution in [0.4, 0.5) is 14.5 Å². The first-order valence-electron chi connectivity index (χ1n) is 10.1. The van der Waals surface area contributed by atoms with Crippen molar-refractivity contribution in [3.05, 3.63) is 71.4 Å². The van der Waals surface area contributed by atoms with Gasteiger partial charge in [0.15, 0.2) is 0 Å². The van der Waals surface area contributed by atoms with Crippen LogP contribution >= 0.6 is 0 Å². The van der Waals surface area contributed by atoms with Gasteiger partial charge in [0, 0.05) is 49.1 Å². The first-order valence-corrected chi connectivity index (χ1v) is 10.1. The summed E-state index contributed by atoms with van der Waals surface area (Å²) in [6, 6.07) is 7.15. The van der Waals surface area contributed by atoms with E-state index >= 15 is 0 Å². The molecule has 0 aliphatic heterocycles. The fourth-order valence-electron chi connectivity index (χ4n) is 3.62. The number of fused-ring (bicyclic) bond motifs is 1. The third-order valence-corrected chi connectivity index (χ3v) is 5.25. The average molecular weight is 452 g/mol. The number of nitrogens with two attached hydrogens (primary N) is 1. The number of carbonyl (C=O) groups excluding carboxylic acids is 1. The van der Waals surface area contributed by atoms with E-state index < -0.39 is 17.7 Å². The van der Waals surface area contributed by atoms with Gasteiger partial charge >= 0.3 is 0 Å². The van der Waals surface area contributed by atoms with Crippen molar-refractivity contribution in [3.63, 3.8) is 0 Å². The number of amides is 1. The molecule has 0 bridgehead atoms. The minimum atomic E-state index is -0.835. The molecule has 33 heavy (non-hydrogen) atoms. The summed E-state index contributed by atoms with van der Waals surface area (Å²) in [6.45, 7) is 1.99. The summed E-state index contributed by atoms with van der Waals surface area (Å²) in [7, 11) is 3.27. The van der Waals surface area contributed by atoms with Gasteiger partial charge in [-0.15, -0.1) is 0 Å². The first kappa shape index (κ1) is 22.3. The number of methoxy groups -OCH3 is 1. The Morgan fingerprint density at radius 1 is 1.24 bits per heavy atom. The number of nitrogens with one attached hydrogen (secondary N) is 1. The highest BCUT2D eigenvalue weighted by Crippen LogP contribution is 2.35. The van der Waals surface area contributed by atoms with Crippen LogP contribution in [0.25, 0.3) is 22.0 Å². The number of rotatable bonds is 7. The molecule has 0 saturated heterocycles. The predicted molar refractivity (Wildman–Crippen MR) is 119 cm³/mol. The van der Waals surface area contributed by atoms with Crippen molar-refractivity contribution >= 4 is 22.5 Å². The number of halogens is 2. The van der Waals surface area contributed by atoms with E-state index in [0.717, 1.165) is 5.69 Å². The highest BCUT2D eigenvalue weighted by molar-refractivity contribution is 6.07. The van der Waals surface area contributed by atoms with Crippen LogP contribution in [-0.2, 0) is 18.4 Å². The molecule has 1 atom stereocenters. The standard InChI is InChI=1S/C23H22F2N6O2/c1-12(19-6-7-31(2)30-19)28-21-16-8-15(14-5-4-13(11-33-3)29-22(14)25)18(24)9-20(16)27-10-17(21)23(26)32/h4-10,12H,11H2,1-3H3,(H2,26,32)(H,27,28). The molecule has 0 radical (unpaired) electrons. The van der Waals surface area contributed by atoms with Gasteiger partial charge in [-0.05, 0) is 31.2 Å². The SMILES string of the molecule is COCc1ccc(-c2cc3c(NC(C)c4ccn(C)n4)c(C(N)=O)cnc3cc2F)c(F)n1. The maximum atomic E-state index is 15.0. The minimum absolute atomic E-state index is 0.0200. The molecule has 4 aromatic rings. The lowest BCUT2D eigenvalue weighted by Crippen LogP contribution is -2.17. The molecule has 0 fully saturated rings. The van der Waals surface area contributed by atoms with E-state index in [4.69, 9.17) is 10.5 Å². The van der Waals surface area contributed by atoms with Gasteiger partial charge in [0.1, 0.15) is 5.82 Å². The van der Waals surface area contributed by atoms with Crippen LogP contribution in [0.3, 0.4) is 0 Å². The van der Waals surface area contributed by atoms with Gasteiger partial charge < -0.3 is 15.8 Å². The van der Waals surface area contributed by atoms with Gasteiger partial charge in [0.25, 0.3) is 5.91 Å². The normalized spacial score (nSPS) is 12.2. The molecule has 3 N–H and O–H groups in total. The largest absolute Gasteiger partial charge is 0.378 e. The van der Waals surface area contributed by atoms with Crippen molar-refractivity contribution < 1.29 is 18.3 Å². The fraction of sp³-hybridized carbons (Fsp3) is 0.217. The Balaban J connectivity index is 1.87. The Kier molecular flexibility index (Phi) is 6.01. The topological polar surface area (TPSA) is 108 Å². The molecule has 0 aliphatic rings. The number of hydrogen-bond donors (Lipinski definition) is 2. The quantitative estimate of drug-likeness (QED) is 0.414. The van der Waals surface area contributed by atoms with Crippen LogP contribution in [0, 0.1) is 11.8 Å². The van der Waals surface area contributed by atoms with Crippen molar-refractivity contribution in [3.8, 4) is 11.1 Å². The van der Waals surface area contributed by atoms with E-state index in [1.165, 1.54) is 31.5 Å². The molecule has 3 heterocycles. The Morgan fingerprint density at radius 2 is 2.03 bits per heavy atom. The van der Waals surface area contributed by atoms with Crippen molar-refractivity contribution in [1.82, 2.24) is 19.7 Å². The number of nitrogens with zero attached hydrogens (tertiary/aromatic N) is 4. The number of carbonyl (C=O) groups is 1. The molecule has 0 spiro atoms. The predicted octanol–water partition coefficient (Wildman–Crippen LogP) is 3.73. The van der Waals surface area contributed by atoms with E-state index in [9.17, 15) is 13.6 Å². The number of pyridine rings is 2. The van der Waals surface area contributed by atoms with Crippen LogP contribution in [0.1, 0.15) is 34.7 Å². The second kappa shape index (κ2) is 8.91. The van der Waals surface area contributed by atoms with Gasteiger partial charge in [-0.3, -0.25) is 14.5 Å². The van der Waals surface area contributed by atoms with Crippen LogP contribution in [-0.4, -0.2) is 32.8 Å². The van der Waals surface area contributed by atoms with Crippen LogP contribution in [0.5, 0.6) is 0 Å². The Hall–Kier alpha value is -3.92. The summed E-state index contributed by atoms with van der Waals surface area (Å²) in [5, 5.41) is 8.02. The third-order valence-electron chi connectivity index (χ3n) is 5.25. The number of aromatic nitrogens is 4. The van der Waals surface area contributed by atoms with Crippen molar-refractivity contribution in [1.29, 1.82) is 0 Å². The molecule has 8 nitrogen and oxygen atoms in total. The summed E-state index contributed by atoms with van der Waals surface area (Å²) < 4.78 is 36.3. The van der Waals surface area contributed by atoms with Gasteiger partial charge in [-0.2, -0.15) is 9.49 Å². The lowest BCUT2D eigenvalue weighted by Gasteiger charge is -2.18. The second-order valence-electron chi connectivity index (χ2n) is 7.61. The van der Waals surface area contributed by atoms with Gasteiger partial charge in [0.05, 0.1) is 40.8 Å². The van der Waals surface area contributed by atoms with Gasteiger partial charge in [-0.25, -0.2) is 9.37 Å². The maximum absolute atomic E-state index is 15.0. The molecule has 3 aromatic heterocycles. The molecule has 4 rings (SSSR count). The molecule has 170 valence electrons. The highest BCUT2D eigenvalue weighted by Gasteiger charge is 2.20. The van der Waals surface area contributed by atoms with E-state index in [1.54, 1.807) is 24.0 Å². The minimum Gasteiger partial charge on any atom is -0.378 e. The maximum Gasteiger partial charge on any atom is 0.252 e. The molecular weight excluding hydrogens is 430 g/mol. The summed E-state index contributed by atoms with van der Waals surface area (Å²) in [6.07, 6.45) is 3.09. The van der Waals surface area contributed by atoms with E-state index in [2.05, 4.69) is 20.4 Å². The molecule has 0 aliphatic carbocycles. The number of benzene rings is 1. The van der Waals surface area contributed by atoms with E-state index in [1.807, 2.05) is 13.0 Å². The zero-order valence-electron chi connectivity index (χ0n) is 18.3. The Labute approximate surface area is 188 Å². The Bertz CT molecular complexity index is 1350. The Morgan fingerprint density at radius 3 is 2.67 bits per heavy atom. The number of anilines is 1.